The third kappa shape index (κ3) is 4.64. The minimum Gasteiger partial charge on any atom is -0.497 e. The molecule has 1 aliphatic heterocycles. The number of benzene rings is 1. The molecule has 1 atom stereocenters. The Morgan fingerprint density at radius 1 is 1.00 bits per heavy atom. The van der Waals surface area contributed by atoms with Crippen molar-refractivity contribution < 1.29 is 19.1 Å². The molecule has 0 aromatic heterocycles. The standard InChI is InChI=1S/C21H29N3O4/c1-15(25)22-19(16-5-3-4-6-16)21(27)24-13-11-23(12-14-24)20(26)17-7-9-18(28-2)10-8-17/h7-10,16,19H,3-6,11-14H2,1-2H3,(H,22,25). The van der Waals surface area contributed by atoms with Gasteiger partial charge in [0.2, 0.25) is 11.8 Å². The average molecular weight is 387 g/mol. The number of ether oxygens (including phenoxy) is 1. The number of hydrogen-bond acceptors (Lipinski definition) is 4. The highest BCUT2D eigenvalue weighted by atomic mass is 16.5. The number of amides is 3. The summed E-state index contributed by atoms with van der Waals surface area (Å²) >= 11 is 0. The summed E-state index contributed by atoms with van der Waals surface area (Å²) in [4.78, 5) is 40.9. The van der Waals surface area contributed by atoms with Crippen LogP contribution in [-0.4, -0.2) is 66.9 Å². The third-order valence-electron chi connectivity index (χ3n) is 5.71. The van der Waals surface area contributed by atoms with Crippen molar-refractivity contribution in [3.05, 3.63) is 29.8 Å². The molecule has 3 amide bonds. The summed E-state index contributed by atoms with van der Waals surface area (Å²) in [5.41, 5.74) is 0.614. The fourth-order valence-electron chi connectivity index (χ4n) is 4.13. The van der Waals surface area contributed by atoms with Gasteiger partial charge in [0.15, 0.2) is 0 Å². The minimum absolute atomic E-state index is 0.0151. The van der Waals surface area contributed by atoms with E-state index in [0.29, 0.717) is 37.5 Å². The first kappa shape index (κ1) is 20.2. The van der Waals surface area contributed by atoms with Crippen molar-refractivity contribution in [2.45, 2.75) is 38.6 Å². The quantitative estimate of drug-likeness (QED) is 0.834. The Hall–Kier alpha value is -2.57. The van der Waals surface area contributed by atoms with Crippen molar-refractivity contribution in [1.29, 1.82) is 0 Å². The van der Waals surface area contributed by atoms with Crippen molar-refractivity contribution in [2.24, 2.45) is 5.92 Å². The molecule has 1 saturated heterocycles. The van der Waals surface area contributed by atoms with E-state index in [1.165, 1.54) is 6.92 Å². The lowest BCUT2D eigenvalue weighted by molar-refractivity contribution is -0.138. The Kier molecular flexibility index (Phi) is 6.54. The van der Waals surface area contributed by atoms with Crippen LogP contribution in [0.2, 0.25) is 0 Å². The molecule has 7 heteroatoms. The second-order valence-corrected chi connectivity index (χ2v) is 7.57. The zero-order valence-electron chi connectivity index (χ0n) is 16.6. The Labute approximate surface area is 166 Å². The van der Waals surface area contributed by atoms with Gasteiger partial charge in [0.05, 0.1) is 7.11 Å². The number of rotatable bonds is 5. The van der Waals surface area contributed by atoms with Gasteiger partial charge in [-0.15, -0.1) is 0 Å². The molecule has 2 fully saturated rings. The van der Waals surface area contributed by atoms with Crippen LogP contribution in [0.25, 0.3) is 0 Å². The number of nitrogens with one attached hydrogen (secondary N) is 1. The summed E-state index contributed by atoms with van der Waals surface area (Å²) in [5.74, 6) is 0.708. The van der Waals surface area contributed by atoms with Crippen LogP contribution in [0.1, 0.15) is 43.0 Å². The van der Waals surface area contributed by atoms with Crippen molar-refractivity contribution in [2.75, 3.05) is 33.3 Å². The first-order valence-electron chi connectivity index (χ1n) is 9.99. The lowest BCUT2D eigenvalue weighted by Gasteiger charge is -2.37. The van der Waals surface area contributed by atoms with E-state index >= 15 is 0 Å². The summed E-state index contributed by atoms with van der Waals surface area (Å²) in [6.45, 7) is 3.43. The van der Waals surface area contributed by atoms with Crippen LogP contribution in [0.15, 0.2) is 24.3 Å². The van der Waals surface area contributed by atoms with Crippen molar-refractivity contribution in [3.63, 3.8) is 0 Å². The normalized spacial score (nSPS) is 18.6. The maximum atomic E-state index is 13.0. The van der Waals surface area contributed by atoms with Gasteiger partial charge in [-0.05, 0) is 43.0 Å². The first-order chi connectivity index (χ1) is 13.5. The summed E-state index contributed by atoms with van der Waals surface area (Å²) in [6, 6.07) is 6.61. The topological polar surface area (TPSA) is 79.0 Å². The van der Waals surface area contributed by atoms with E-state index < -0.39 is 6.04 Å². The second kappa shape index (κ2) is 9.08. The minimum atomic E-state index is -0.441. The molecular formula is C21H29N3O4. The Morgan fingerprint density at radius 2 is 1.57 bits per heavy atom. The van der Waals surface area contributed by atoms with Crippen LogP contribution in [0.4, 0.5) is 0 Å². The highest BCUT2D eigenvalue weighted by Gasteiger charge is 2.35. The molecule has 1 saturated carbocycles. The zero-order chi connectivity index (χ0) is 20.1. The van der Waals surface area contributed by atoms with Gasteiger partial charge in [0.1, 0.15) is 11.8 Å². The molecule has 1 unspecified atom stereocenters. The van der Waals surface area contributed by atoms with Crippen LogP contribution >= 0.6 is 0 Å². The van der Waals surface area contributed by atoms with Gasteiger partial charge >= 0.3 is 0 Å². The van der Waals surface area contributed by atoms with Gasteiger partial charge in [0.25, 0.3) is 5.91 Å². The number of nitrogens with zero attached hydrogens (tertiary/aromatic N) is 2. The summed E-state index contributed by atoms with van der Waals surface area (Å²) in [7, 11) is 1.59. The maximum absolute atomic E-state index is 13.0. The summed E-state index contributed by atoms with van der Waals surface area (Å²) < 4.78 is 5.13. The lowest BCUT2D eigenvalue weighted by atomic mass is 9.96. The Morgan fingerprint density at radius 3 is 2.11 bits per heavy atom. The zero-order valence-corrected chi connectivity index (χ0v) is 16.6. The van der Waals surface area contributed by atoms with E-state index in [1.54, 1.807) is 41.2 Å². The van der Waals surface area contributed by atoms with Crippen molar-refractivity contribution in [3.8, 4) is 5.75 Å². The van der Waals surface area contributed by atoms with E-state index in [0.717, 1.165) is 25.7 Å². The van der Waals surface area contributed by atoms with E-state index in [9.17, 15) is 14.4 Å². The molecular weight excluding hydrogens is 358 g/mol. The molecule has 7 nitrogen and oxygen atoms in total. The van der Waals surface area contributed by atoms with E-state index in [4.69, 9.17) is 4.74 Å². The lowest BCUT2D eigenvalue weighted by Crippen LogP contribution is -2.57. The molecule has 1 aliphatic carbocycles. The molecule has 1 N–H and O–H groups in total. The molecule has 2 aliphatic rings. The predicted octanol–water partition coefficient (Wildman–Crippen LogP) is 1.67. The summed E-state index contributed by atoms with van der Waals surface area (Å²) in [6.07, 6.45) is 4.18. The number of methoxy groups -OCH3 is 1. The number of carbonyl (C=O) groups excluding carboxylic acids is 3. The smallest absolute Gasteiger partial charge is 0.253 e. The second-order valence-electron chi connectivity index (χ2n) is 7.57. The van der Waals surface area contributed by atoms with Crippen LogP contribution in [-0.2, 0) is 9.59 Å². The third-order valence-corrected chi connectivity index (χ3v) is 5.71. The monoisotopic (exact) mass is 387 g/mol. The maximum Gasteiger partial charge on any atom is 0.253 e. The molecule has 1 aromatic carbocycles. The van der Waals surface area contributed by atoms with Gasteiger partial charge in [-0.25, -0.2) is 0 Å². The van der Waals surface area contributed by atoms with Gasteiger partial charge in [0, 0.05) is 38.7 Å². The van der Waals surface area contributed by atoms with Gasteiger partial charge in [-0.1, -0.05) is 12.8 Å². The molecule has 3 rings (SSSR count). The van der Waals surface area contributed by atoms with Gasteiger partial charge in [-0.2, -0.15) is 0 Å². The molecule has 0 spiro atoms. The predicted molar refractivity (Wildman–Crippen MR) is 105 cm³/mol. The van der Waals surface area contributed by atoms with Crippen LogP contribution < -0.4 is 10.1 Å². The fraction of sp³-hybridized carbons (Fsp3) is 0.571. The highest BCUT2D eigenvalue weighted by Crippen LogP contribution is 2.29. The largest absolute Gasteiger partial charge is 0.497 e. The molecule has 1 heterocycles. The van der Waals surface area contributed by atoms with Gasteiger partial charge in [-0.3, -0.25) is 14.4 Å². The van der Waals surface area contributed by atoms with Crippen molar-refractivity contribution in [1.82, 2.24) is 15.1 Å². The SMILES string of the molecule is COc1ccc(C(=O)N2CCN(C(=O)C(NC(C)=O)C3CCCC3)CC2)cc1. The van der Waals surface area contributed by atoms with E-state index in [2.05, 4.69) is 5.32 Å². The Balaban J connectivity index is 1.59. The van der Waals surface area contributed by atoms with Crippen molar-refractivity contribution >= 4 is 17.7 Å². The molecule has 0 bridgehead atoms. The van der Waals surface area contributed by atoms with Gasteiger partial charge < -0.3 is 19.9 Å². The number of piperazine rings is 1. The fourth-order valence-corrected chi connectivity index (χ4v) is 4.13. The van der Waals surface area contributed by atoms with Crippen LogP contribution in [0, 0.1) is 5.92 Å². The Bertz CT molecular complexity index is 705. The molecule has 0 radical (unpaired) electrons. The molecule has 152 valence electrons. The molecule has 28 heavy (non-hydrogen) atoms. The first-order valence-corrected chi connectivity index (χ1v) is 9.99. The van der Waals surface area contributed by atoms with E-state index in [1.807, 2.05) is 0 Å². The number of hydrogen-bond donors (Lipinski definition) is 1. The average Bonchev–Trinajstić information content (AvgIpc) is 3.25. The van der Waals surface area contributed by atoms with E-state index in [-0.39, 0.29) is 23.6 Å². The molecule has 1 aromatic rings. The highest BCUT2D eigenvalue weighted by molar-refractivity contribution is 5.94. The van der Waals surface area contributed by atoms with Crippen LogP contribution in [0.5, 0.6) is 5.75 Å². The summed E-state index contributed by atoms with van der Waals surface area (Å²) in [5, 5.41) is 2.87. The van der Waals surface area contributed by atoms with Crippen LogP contribution in [0.3, 0.4) is 0 Å². The number of carbonyl (C=O) groups is 3.